The van der Waals surface area contributed by atoms with Crippen LogP contribution in [0.3, 0.4) is 0 Å². The summed E-state index contributed by atoms with van der Waals surface area (Å²) in [6, 6.07) is 24.4. The SMILES string of the molecule is O=C(O)C1CCCN1C(c1cccc(Cl)c1)c1cccc(Oc2ccccc2)c1. The highest BCUT2D eigenvalue weighted by Gasteiger charge is 2.37. The average molecular weight is 408 g/mol. The maximum Gasteiger partial charge on any atom is 0.320 e. The second-order valence-electron chi connectivity index (χ2n) is 7.18. The first-order valence-corrected chi connectivity index (χ1v) is 10.1. The smallest absolute Gasteiger partial charge is 0.320 e. The van der Waals surface area contributed by atoms with E-state index in [1.807, 2.05) is 78.9 Å². The second-order valence-corrected chi connectivity index (χ2v) is 7.62. The van der Waals surface area contributed by atoms with Crippen molar-refractivity contribution in [3.63, 3.8) is 0 Å². The number of ether oxygens (including phenoxy) is 1. The van der Waals surface area contributed by atoms with E-state index >= 15 is 0 Å². The number of hydrogen-bond donors (Lipinski definition) is 1. The van der Waals surface area contributed by atoms with Gasteiger partial charge in [-0.15, -0.1) is 0 Å². The number of nitrogens with zero attached hydrogens (tertiary/aromatic N) is 1. The molecule has 0 spiro atoms. The van der Waals surface area contributed by atoms with E-state index < -0.39 is 12.0 Å². The normalized spacial score (nSPS) is 17.8. The average Bonchev–Trinajstić information content (AvgIpc) is 3.19. The van der Waals surface area contributed by atoms with Crippen LogP contribution in [-0.2, 0) is 4.79 Å². The van der Waals surface area contributed by atoms with Crippen molar-refractivity contribution in [1.82, 2.24) is 4.90 Å². The first kappa shape index (κ1) is 19.5. The molecule has 2 unspecified atom stereocenters. The maximum absolute atomic E-state index is 11.9. The summed E-state index contributed by atoms with van der Waals surface area (Å²) in [7, 11) is 0. The Kier molecular flexibility index (Phi) is 5.84. The van der Waals surface area contributed by atoms with Gasteiger partial charge in [-0.25, -0.2) is 0 Å². The van der Waals surface area contributed by atoms with Gasteiger partial charge in [0.05, 0.1) is 6.04 Å². The molecule has 0 radical (unpaired) electrons. The molecule has 148 valence electrons. The van der Waals surface area contributed by atoms with Crippen molar-refractivity contribution in [2.75, 3.05) is 6.54 Å². The fraction of sp³-hybridized carbons (Fsp3) is 0.208. The molecule has 4 nitrogen and oxygen atoms in total. The standard InChI is InChI=1S/C24H22ClNO3/c25-19-9-4-7-17(15-19)23(26-14-6-13-22(26)24(27)28)18-8-5-12-21(16-18)29-20-10-2-1-3-11-20/h1-5,7-12,15-16,22-23H,6,13-14H2,(H,27,28). The maximum atomic E-state index is 11.9. The van der Waals surface area contributed by atoms with E-state index in [1.165, 1.54) is 0 Å². The van der Waals surface area contributed by atoms with Crippen molar-refractivity contribution in [2.45, 2.75) is 24.9 Å². The molecule has 5 heteroatoms. The summed E-state index contributed by atoms with van der Waals surface area (Å²) in [5.41, 5.74) is 1.95. The Balaban J connectivity index is 1.73. The van der Waals surface area contributed by atoms with Crippen LogP contribution in [0, 0.1) is 0 Å². The first-order valence-electron chi connectivity index (χ1n) is 9.69. The van der Waals surface area contributed by atoms with Gasteiger partial charge in [-0.3, -0.25) is 9.69 Å². The van der Waals surface area contributed by atoms with E-state index in [9.17, 15) is 9.90 Å². The van der Waals surface area contributed by atoms with Crippen molar-refractivity contribution in [3.05, 3.63) is 95.0 Å². The summed E-state index contributed by atoms with van der Waals surface area (Å²) < 4.78 is 6.00. The lowest BCUT2D eigenvalue weighted by molar-refractivity contribution is -0.142. The van der Waals surface area contributed by atoms with Crippen molar-refractivity contribution >= 4 is 17.6 Å². The minimum atomic E-state index is -0.786. The van der Waals surface area contributed by atoms with Crippen LogP contribution < -0.4 is 4.74 Å². The van der Waals surface area contributed by atoms with Gasteiger partial charge in [0.1, 0.15) is 17.5 Å². The highest BCUT2D eigenvalue weighted by Crippen LogP contribution is 2.37. The molecule has 2 atom stereocenters. The summed E-state index contributed by atoms with van der Waals surface area (Å²) in [6.07, 6.45) is 1.50. The Hall–Kier alpha value is -2.82. The zero-order valence-corrected chi connectivity index (χ0v) is 16.6. The fourth-order valence-electron chi connectivity index (χ4n) is 3.99. The van der Waals surface area contributed by atoms with Gasteiger partial charge in [0.25, 0.3) is 0 Å². The number of aliphatic carboxylic acids is 1. The molecule has 3 aromatic rings. The van der Waals surface area contributed by atoms with Gasteiger partial charge in [-0.2, -0.15) is 0 Å². The molecule has 4 rings (SSSR count). The van der Waals surface area contributed by atoms with Gasteiger partial charge in [0.2, 0.25) is 0 Å². The van der Waals surface area contributed by atoms with Crippen LogP contribution in [0.5, 0.6) is 11.5 Å². The van der Waals surface area contributed by atoms with Crippen molar-refractivity contribution < 1.29 is 14.6 Å². The zero-order valence-electron chi connectivity index (χ0n) is 15.9. The second kappa shape index (κ2) is 8.68. The summed E-state index contributed by atoms with van der Waals surface area (Å²) in [4.78, 5) is 13.9. The molecule has 0 aromatic heterocycles. The number of benzene rings is 3. The summed E-state index contributed by atoms with van der Waals surface area (Å²) >= 11 is 6.26. The molecular formula is C24H22ClNO3. The van der Waals surface area contributed by atoms with Gasteiger partial charge in [0.15, 0.2) is 0 Å². The lowest BCUT2D eigenvalue weighted by Crippen LogP contribution is -2.39. The molecular weight excluding hydrogens is 386 g/mol. The predicted molar refractivity (Wildman–Crippen MR) is 114 cm³/mol. The van der Waals surface area contributed by atoms with Gasteiger partial charge >= 0.3 is 5.97 Å². The van der Waals surface area contributed by atoms with Crippen LogP contribution in [0.1, 0.15) is 30.0 Å². The Labute approximate surface area is 175 Å². The third-order valence-corrected chi connectivity index (χ3v) is 5.46. The number of para-hydroxylation sites is 1. The molecule has 1 aliphatic heterocycles. The molecule has 1 aliphatic rings. The third-order valence-electron chi connectivity index (χ3n) is 5.23. The molecule has 1 saturated heterocycles. The molecule has 0 saturated carbocycles. The molecule has 0 bridgehead atoms. The molecule has 0 aliphatic carbocycles. The topological polar surface area (TPSA) is 49.8 Å². The Bertz CT molecular complexity index is 992. The van der Waals surface area contributed by atoms with Crippen LogP contribution in [0.15, 0.2) is 78.9 Å². The van der Waals surface area contributed by atoms with Gasteiger partial charge < -0.3 is 9.84 Å². The first-order chi connectivity index (χ1) is 14.1. The van der Waals surface area contributed by atoms with E-state index in [0.717, 1.165) is 29.8 Å². The lowest BCUT2D eigenvalue weighted by atomic mass is 9.96. The van der Waals surface area contributed by atoms with Crippen molar-refractivity contribution in [3.8, 4) is 11.5 Å². The number of carboxylic acids is 1. The molecule has 1 heterocycles. The largest absolute Gasteiger partial charge is 0.480 e. The summed E-state index contributed by atoms with van der Waals surface area (Å²) in [5.74, 6) is 0.687. The summed E-state index contributed by atoms with van der Waals surface area (Å²) in [5, 5.41) is 10.4. The van der Waals surface area contributed by atoms with Crippen molar-refractivity contribution in [2.24, 2.45) is 0 Å². The Morgan fingerprint density at radius 2 is 1.66 bits per heavy atom. The van der Waals surface area contributed by atoms with Crippen LogP contribution >= 0.6 is 11.6 Å². The monoisotopic (exact) mass is 407 g/mol. The minimum Gasteiger partial charge on any atom is -0.480 e. The number of hydrogen-bond acceptors (Lipinski definition) is 3. The lowest BCUT2D eigenvalue weighted by Gasteiger charge is -2.32. The van der Waals surface area contributed by atoms with Gasteiger partial charge in [-0.1, -0.05) is 54.1 Å². The van der Waals surface area contributed by atoms with E-state index in [0.29, 0.717) is 17.2 Å². The fourth-order valence-corrected chi connectivity index (χ4v) is 4.19. The van der Waals surface area contributed by atoms with Crippen LogP contribution in [-0.4, -0.2) is 28.6 Å². The molecule has 3 aromatic carbocycles. The highest BCUT2D eigenvalue weighted by atomic mass is 35.5. The third kappa shape index (κ3) is 4.44. The minimum absolute atomic E-state index is 0.211. The summed E-state index contributed by atoms with van der Waals surface area (Å²) in [6.45, 7) is 0.720. The highest BCUT2D eigenvalue weighted by molar-refractivity contribution is 6.30. The number of carboxylic acid groups (broad SMARTS) is 1. The Morgan fingerprint density at radius 3 is 2.38 bits per heavy atom. The number of halogens is 1. The quantitative estimate of drug-likeness (QED) is 0.563. The predicted octanol–water partition coefficient (Wildman–Crippen LogP) is 5.77. The number of rotatable bonds is 6. The molecule has 1 N–H and O–H groups in total. The molecule has 1 fully saturated rings. The number of likely N-dealkylation sites (tertiary alicyclic amines) is 1. The zero-order chi connectivity index (χ0) is 20.2. The van der Waals surface area contributed by atoms with Gasteiger partial charge in [-0.05, 0) is 60.4 Å². The van der Waals surface area contributed by atoms with Crippen LogP contribution in [0.2, 0.25) is 5.02 Å². The van der Waals surface area contributed by atoms with E-state index in [-0.39, 0.29) is 6.04 Å². The van der Waals surface area contributed by atoms with Gasteiger partial charge in [0, 0.05) is 11.6 Å². The van der Waals surface area contributed by atoms with Crippen molar-refractivity contribution in [1.29, 1.82) is 0 Å². The van der Waals surface area contributed by atoms with Crippen LogP contribution in [0.25, 0.3) is 0 Å². The Morgan fingerprint density at radius 1 is 0.966 bits per heavy atom. The molecule has 0 amide bonds. The molecule has 29 heavy (non-hydrogen) atoms. The number of carbonyl (C=O) groups is 1. The van der Waals surface area contributed by atoms with E-state index in [1.54, 1.807) is 0 Å². The van der Waals surface area contributed by atoms with Crippen LogP contribution in [0.4, 0.5) is 0 Å². The van der Waals surface area contributed by atoms with E-state index in [2.05, 4.69) is 4.90 Å². The van der Waals surface area contributed by atoms with E-state index in [4.69, 9.17) is 16.3 Å².